The lowest BCUT2D eigenvalue weighted by molar-refractivity contribution is -0.152. The Kier molecular flexibility index (Phi) is 5.28. The Balaban J connectivity index is 1.65. The highest BCUT2D eigenvalue weighted by Crippen LogP contribution is 2.61. The van der Waals surface area contributed by atoms with Crippen molar-refractivity contribution in [1.29, 1.82) is 0 Å². The summed E-state index contributed by atoms with van der Waals surface area (Å²) in [6, 6.07) is 14.3. The molecule has 3 aromatic rings. The Morgan fingerprint density at radius 1 is 0.914 bits per heavy atom. The number of fused-ring (bicyclic) bond motifs is 1. The zero-order valence-corrected chi connectivity index (χ0v) is 18.4. The van der Waals surface area contributed by atoms with Crippen LogP contribution in [-0.4, -0.2) is 30.7 Å². The first-order valence-electron chi connectivity index (χ1n) is 10.4. The van der Waals surface area contributed by atoms with Gasteiger partial charge < -0.3 is 14.4 Å². The summed E-state index contributed by atoms with van der Waals surface area (Å²) in [5.41, 5.74) is 1.38. The molecule has 0 radical (unpaired) electrons. The van der Waals surface area contributed by atoms with E-state index in [0.717, 1.165) is 11.1 Å². The first kappa shape index (κ1) is 23.5. The number of carbonyl (C=O) groups is 1. The molecule has 0 saturated heterocycles. The van der Waals surface area contributed by atoms with E-state index < -0.39 is 67.9 Å². The fourth-order valence-electron chi connectivity index (χ4n) is 5.33. The Morgan fingerprint density at radius 3 is 1.80 bits per heavy atom. The Labute approximate surface area is 196 Å². The predicted octanol–water partition coefficient (Wildman–Crippen LogP) is 3.71. The third-order valence-corrected chi connectivity index (χ3v) is 7.66. The molecule has 3 aliphatic rings. The van der Waals surface area contributed by atoms with Crippen LogP contribution >= 0.6 is 0 Å². The van der Waals surface area contributed by atoms with Crippen LogP contribution in [-0.2, 0) is 14.9 Å². The van der Waals surface area contributed by atoms with Crippen molar-refractivity contribution in [2.45, 2.75) is 23.2 Å². The minimum absolute atomic E-state index is 0.0255. The summed E-state index contributed by atoms with van der Waals surface area (Å²) in [4.78, 5) is 11.0. The van der Waals surface area contributed by atoms with Crippen molar-refractivity contribution in [3.05, 3.63) is 94.1 Å². The second-order valence-electron chi connectivity index (χ2n) is 8.52. The normalized spacial score (nSPS) is 22.5. The average Bonchev–Trinajstić information content (AvgIpc) is 2.84. The van der Waals surface area contributed by atoms with Gasteiger partial charge in [-0.1, -0.05) is 48.5 Å². The molecule has 2 bridgehead atoms. The fourth-order valence-corrected chi connectivity index (χ4v) is 5.95. The van der Waals surface area contributed by atoms with Gasteiger partial charge in [0.15, 0.2) is 11.6 Å². The summed E-state index contributed by atoms with van der Waals surface area (Å²) in [6.45, 7) is -0.823. The van der Waals surface area contributed by atoms with Crippen LogP contribution < -0.4 is 4.74 Å². The Bertz CT molecular complexity index is 1430. The van der Waals surface area contributed by atoms with Crippen molar-refractivity contribution in [2.24, 2.45) is 5.41 Å². The number of carbonyl (C=O) groups excluding carboxylic acids is 1. The van der Waals surface area contributed by atoms with Crippen molar-refractivity contribution in [2.75, 3.05) is 6.61 Å². The van der Waals surface area contributed by atoms with E-state index in [2.05, 4.69) is 0 Å². The lowest BCUT2D eigenvalue weighted by Crippen LogP contribution is -2.50. The van der Waals surface area contributed by atoms with E-state index in [1.54, 1.807) is 24.3 Å². The van der Waals surface area contributed by atoms with E-state index in [1.165, 1.54) is 0 Å². The van der Waals surface area contributed by atoms with Crippen LogP contribution in [0.1, 0.15) is 40.5 Å². The summed E-state index contributed by atoms with van der Waals surface area (Å²) < 4.78 is 95.5. The third-order valence-electron chi connectivity index (χ3n) is 6.80. The van der Waals surface area contributed by atoms with Gasteiger partial charge in [-0.3, -0.25) is 4.79 Å². The molecule has 0 saturated carbocycles. The van der Waals surface area contributed by atoms with Gasteiger partial charge in [-0.2, -0.15) is 8.78 Å². The summed E-state index contributed by atoms with van der Waals surface area (Å²) in [5, 5.41) is 10.4. The number of esters is 1. The molecule has 0 heterocycles. The van der Waals surface area contributed by atoms with Crippen molar-refractivity contribution >= 4 is 16.1 Å². The molecule has 35 heavy (non-hydrogen) atoms. The smallest absolute Gasteiger partial charge is 0.321 e. The van der Waals surface area contributed by atoms with Gasteiger partial charge in [-0.15, -0.1) is 0 Å². The minimum Gasteiger partial charge on any atom is -0.744 e. The number of halogens is 4. The van der Waals surface area contributed by atoms with E-state index in [0.29, 0.717) is 11.1 Å². The first-order valence-corrected chi connectivity index (χ1v) is 11.8. The molecule has 3 aromatic carbocycles. The van der Waals surface area contributed by atoms with Gasteiger partial charge >= 0.3 is 5.97 Å². The zero-order chi connectivity index (χ0) is 25.3. The first-order chi connectivity index (χ1) is 16.5. The molecule has 182 valence electrons. The molecule has 0 spiro atoms. The maximum Gasteiger partial charge on any atom is 0.321 e. The van der Waals surface area contributed by atoms with E-state index >= 15 is 0 Å². The molecule has 1 atom stereocenters. The number of hydrogen-bond donors (Lipinski definition) is 1. The highest BCUT2D eigenvalue weighted by atomic mass is 32.2. The monoisotopic (exact) mass is 507 g/mol. The maximum absolute atomic E-state index is 14.5. The molecule has 11 heteroatoms. The second kappa shape index (κ2) is 7.87. The predicted molar refractivity (Wildman–Crippen MR) is 111 cm³/mol. The molecule has 1 unspecified atom stereocenters. The Hall–Kier alpha value is -3.28. The van der Waals surface area contributed by atoms with Crippen LogP contribution in [0, 0.1) is 28.7 Å². The summed E-state index contributed by atoms with van der Waals surface area (Å²) in [5.74, 6) is -14.1. The molecule has 0 aromatic heterocycles. The van der Waals surface area contributed by atoms with E-state index in [-0.39, 0.29) is 12.3 Å². The quantitative estimate of drug-likeness (QED) is 0.190. The van der Waals surface area contributed by atoms with Crippen LogP contribution in [0.3, 0.4) is 0 Å². The third kappa shape index (κ3) is 3.22. The van der Waals surface area contributed by atoms with Crippen LogP contribution in [0.4, 0.5) is 17.6 Å². The fraction of sp³-hybridized carbons (Fsp3) is 0.208. The minimum atomic E-state index is -5.93. The Morgan fingerprint density at radius 2 is 1.37 bits per heavy atom. The van der Waals surface area contributed by atoms with Gasteiger partial charge in [0, 0.05) is 11.8 Å². The van der Waals surface area contributed by atoms with Gasteiger partial charge in [-0.05, 0) is 28.7 Å². The van der Waals surface area contributed by atoms with E-state index in [4.69, 9.17) is 4.74 Å². The van der Waals surface area contributed by atoms with Crippen LogP contribution in [0.2, 0.25) is 0 Å². The summed E-state index contributed by atoms with van der Waals surface area (Å²) in [6.07, 6.45) is -0.0255. The number of aliphatic hydroxyl groups excluding tert-OH is 1. The maximum atomic E-state index is 14.5. The lowest BCUT2D eigenvalue weighted by Gasteiger charge is -2.50. The second-order valence-corrected chi connectivity index (χ2v) is 9.84. The van der Waals surface area contributed by atoms with Gasteiger partial charge in [0.2, 0.25) is 17.4 Å². The summed E-state index contributed by atoms with van der Waals surface area (Å²) in [7, 11) is -5.93. The molecule has 0 fully saturated rings. The van der Waals surface area contributed by atoms with Crippen molar-refractivity contribution in [1.82, 2.24) is 0 Å². The lowest BCUT2D eigenvalue weighted by atomic mass is 9.52. The van der Waals surface area contributed by atoms with Gasteiger partial charge in [0.25, 0.3) is 0 Å². The molecular formula is C24H15F4O6S-. The number of benzene rings is 3. The molecule has 6 rings (SSSR count). The number of hydrogen-bond acceptors (Lipinski definition) is 6. The van der Waals surface area contributed by atoms with E-state index in [9.17, 15) is 40.4 Å². The van der Waals surface area contributed by atoms with Gasteiger partial charge in [0.1, 0.15) is 20.4 Å². The highest BCUT2D eigenvalue weighted by molar-refractivity contribution is 7.85. The largest absolute Gasteiger partial charge is 0.744 e. The number of ether oxygens (including phenoxy) is 1. The van der Waals surface area contributed by atoms with Crippen molar-refractivity contribution in [3.8, 4) is 5.75 Å². The zero-order valence-electron chi connectivity index (χ0n) is 17.6. The molecule has 3 aliphatic carbocycles. The standard InChI is InChI=1S/C24H16F4O6S/c25-17-19(27)22(35(31,32)33)20(28)18(26)21(17)34-23(30)24(10-29)9-15-11-5-1-3-7-13(11)16(24)14-8-4-2-6-12(14)15/h1-8,15-16,29H,9-10H2,(H,31,32,33)/p-1. The number of aliphatic hydroxyl groups is 1. The number of rotatable bonds is 4. The van der Waals surface area contributed by atoms with Crippen LogP contribution in [0.25, 0.3) is 0 Å². The SMILES string of the molecule is O=C(Oc1c(F)c(F)c(S(=O)(=O)[O-])c(F)c1F)C1(CO)CC2c3ccccc3C1c1ccccc12. The molecule has 1 N–H and O–H groups in total. The molecule has 0 amide bonds. The highest BCUT2D eigenvalue weighted by Gasteiger charge is 2.58. The van der Waals surface area contributed by atoms with Crippen molar-refractivity contribution in [3.63, 3.8) is 0 Å². The van der Waals surface area contributed by atoms with Gasteiger partial charge in [-0.25, -0.2) is 17.2 Å². The van der Waals surface area contributed by atoms with Crippen LogP contribution in [0.15, 0.2) is 53.4 Å². The molecular weight excluding hydrogens is 492 g/mol. The molecule has 6 nitrogen and oxygen atoms in total. The summed E-state index contributed by atoms with van der Waals surface area (Å²) >= 11 is 0. The van der Waals surface area contributed by atoms with E-state index in [1.807, 2.05) is 24.3 Å². The van der Waals surface area contributed by atoms with Crippen LogP contribution in [0.5, 0.6) is 5.75 Å². The molecule has 0 aliphatic heterocycles. The van der Waals surface area contributed by atoms with Crippen molar-refractivity contribution < 1.29 is 45.2 Å². The van der Waals surface area contributed by atoms with Gasteiger partial charge in [0.05, 0.1) is 6.61 Å². The topological polar surface area (TPSA) is 104 Å². The average molecular weight is 507 g/mol.